The Bertz CT molecular complexity index is 493. The first kappa shape index (κ1) is 15.6. The molecule has 0 aliphatic carbocycles. The van der Waals surface area contributed by atoms with Gasteiger partial charge in [0.1, 0.15) is 0 Å². The van der Waals surface area contributed by atoms with Gasteiger partial charge in [-0.15, -0.1) is 0 Å². The number of rotatable bonds is 3. The lowest BCUT2D eigenvalue weighted by atomic mass is 9.78. The number of hydrogen-bond acceptors (Lipinski definition) is 6. The molecule has 4 rings (SSSR count). The maximum atomic E-state index is 9.55. The third-order valence-corrected chi connectivity index (χ3v) is 4.28. The fourth-order valence-corrected chi connectivity index (χ4v) is 3.26. The summed E-state index contributed by atoms with van der Waals surface area (Å²) in [6, 6.07) is 0. The third-order valence-electron chi connectivity index (χ3n) is 3.78. The summed E-state index contributed by atoms with van der Waals surface area (Å²) in [5, 5.41) is 15.6. The average Bonchev–Trinajstić information content (AvgIpc) is 3.01. The first-order valence-electron chi connectivity index (χ1n) is 6.70. The van der Waals surface area contributed by atoms with Crippen molar-refractivity contribution in [3.63, 3.8) is 0 Å². The lowest BCUT2D eigenvalue weighted by Gasteiger charge is -2.44. The molecule has 3 saturated heterocycles. The van der Waals surface area contributed by atoms with Crippen LogP contribution in [-0.4, -0.2) is 55.4 Å². The molecule has 3 fully saturated rings. The van der Waals surface area contributed by atoms with E-state index in [1.807, 2.05) is 6.20 Å². The largest absolute Gasteiger partial charge is 0.478 e. The van der Waals surface area contributed by atoms with Crippen molar-refractivity contribution in [1.82, 2.24) is 13.6 Å². The van der Waals surface area contributed by atoms with Crippen molar-refractivity contribution in [2.45, 2.75) is 18.8 Å². The molecule has 0 spiro atoms. The first-order chi connectivity index (χ1) is 10.1. The van der Waals surface area contributed by atoms with E-state index in [1.54, 1.807) is 0 Å². The van der Waals surface area contributed by atoms with E-state index in [9.17, 15) is 9.59 Å². The number of piperidine rings is 3. The van der Waals surface area contributed by atoms with Crippen LogP contribution in [0.5, 0.6) is 0 Å². The molecule has 1 unspecified atom stereocenters. The van der Waals surface area contributed by atoms with E-state index in [-0.39, 0.29) is 0 Å². The smallest absolute Gasteiger partial charge is 0.328 e. The van der Waals surface area contributed by atoms with Gasteiger partial charge >= 0.3 is 11.9 Å². The van der Waals surface area contributed by atoms with Crippen LogP contribution in [0, 0.1) is 5.92 Å². The minimum absolute atomic E-state index is 0.558. The fourth-order valence-electron chi connectivity index (χ4n) is 2.78. The van der Waals surface area contributed by atoms with E-state index in [0.717, 1.165) is 5.92 Å². The predicted octanol–water partition coefficient (Wildman–Crippen LogP) is 1.06. The number of carboxylic acids is 2. The van der Waals surface area contributed by atoms with Gasteiger partial charge in [-0.05, 0) is 31.8 Å². The lowest BCUT2D eigenvalue weighted by Crippen LogP contribution is -2.46. The summed E-state index contributed by atoms with van der Waals surface area (Å²) < 4.78 is 8.46. The molecule has 4 heterocycles. The Morgan fingerprint density at radius 2 is 1.86 bits per heavy atom. The summed E-state index contributed by atoms with van der Waals surface area (Å²) in [5.74, 6) is -0.949. The number of aromatic nitrogens is 2. The molecule has 2 N–H and O–H groups in total. The monoisotopic (exact) mass is 311 g/mol. The summed E-state index contributed by atoms with van der Waals surface area (Å²) in [4.78, 5) is 21.7. The fraction of sp³-hybridized carbons (Fsp3) is 0.538. The van der Waals surface area contributed by atoms with E-state index >= 15 is 0 Å². The maximum absolute atomic E-state index is 9.55. The van der Waals surface area contributed by atoms with Crippen LogP contribution in [0.4, 0.5) is 0 Å². The molecule has 0 saturated carbocycles. The molecule has 8 heteroatoms. The van der Waals surface area contributed by atoms with Gasteiger partial charge in [0.2, 0.25) is 0 Å². The molecule has 0 amide bonds. The van der Waals surface area contributed by atoms with Crippen LogP contribution in [0.25, 0.3) is 0 Å². The highest BCUT2D eigenvalue weighted by Gasteiger charge is 2.35. The van der Waals surface area contributed by atoms with Gasteiger partial charge < -0.3 is 15.1 Å². The van der Waals surface area contributed by atoms with Crippen LogP contribution in [0.15, 0.2) is 18.3 Å². The summed E-state index contributed by atoms with van der Waals surface area (Å²) in [6.45, 7) is 3.83. The van der Waals surface area contributed by atoms with Gasteiger partial charge in [-0.2, -0.15) is 8.75 Å². The second-order valence-corrected chi connectivity index (χ2v) is 5.64. The molecular weight excluding hydrogens is 294 g/mol. The Morgan fingerprint density at radius 3 is 2.24 bits per heavy atom. The van der Waals surface area contributed by atoms with E-state index in [0.29, 0.717) is 18.1 Å². The molecule has 114 valence electrons. The van der Waals surface area contributed by atoms with Crippen molar-refractivity contribution in [3.8, 4) is 0 Å². The quantitative estimate of drug-likeness (QED) is 0.804. The Hall–Kier alpha value is -1.80. The molecule has 3 aliphatic heterocycles. The van der Waals surface area contributed by atoms with Crippen molar-refractivity contribution < 1.29 is 19.8 Å². The van der Waals surface area contributed by atoms with Gasteiger partial charge in [-0.3, -0.25) is 0 Å². The average molecular weight is 311 g/mol. The van der Waals surface area contributed by atoms with Crippen LogP contribution >= 0.6 is 11.7 Å². The van der Waals surface area contributed by atoms with Crippen molar-refractivity contribution in [2.24, 2.45) is 5.92 Å². The summed E-state index contributed by atoms with van der Waals surface area (Å²) in [7, 11) is 0. The summed E-state index contributed by atoms with van der Waals surface area (Å²) >= 11 is 1.34. The normalized spacial score (nSPS) is 27.1. The van der Waals surface area contributed by atoms with Crippen LogP contribution < -0.4 is 0 Å². The number of fused-ring (bicyclic) bond motifs is 3. The van der Waals surface area contributed by atoms with E-state index in [4.69, 9.17) is 10.2 Å². The summed E-state index contributed by atoms with van der Waals surface area (Å²) in [5.41, 5.74) is 1.24. The van der Waals surface area contributed by atoms with Crippen LogP contribution in [0.1, 0.15) is 24.5 Å². The highest BCUT2D eigenvalue weighted by atomic mass is 32.1. The molecule has 0 radical (unpaired) electrons. The van der Waals surface area contributed by atoms with E-state index < -0.39 is 11.9 Å². The zero-order valence-electron chi connectivity index (χ0n) is 11.4. The standard InChI is InChI=1S/C9H13N3S.C4H4O4/c1-3-12-4-2-7(1)8(6-12)9-5-10-13-11-9;5-3(6)1-2-4(7)8/h5,7-8H,1-4,6H2;1-2H,(H,5,6)(H,7,8). The lowest BCUT2D eigenvalue weighted by molar-refractivity contribution is -0.134. The van der Waals surface area contributed by atoms with Gasteiger partial charge in [0.05, 0.1) is 23.6 Å². The van der Waals surface area contributed by atoms with Crippen LogP contribution in [0.2, 0.25) is 0 Å². The first-order valence-corrected chi connectivity index (χ1v) is 7.43. The number of aliphatic carboxylic acids is 2. The minimum Gasteiger partial charge on any atom is -0.478 e. The number of hydrogen-bond donors (Lipinski definition) is 2. The highest BCUT2D eigenvalue weighted by Crippen LogP contribution is 2.37. The zero-order chi connectivity index (χ0) is 15.2. The molecule has 1 atom stereocenters. The topological polar surface area (TPSA) is 104 Å². The second-order valence-electron chi connectivity index (χ2n) is 5.09. The molecule has 1 aromatic heterocycles. The van der Waals surface area contributed by atoms with E-state index in [1.165, 1.54) is 49.9 Å². The molecule has 0 aromatic carbocycles. The van der Waals surface area contributed by atoms with Gasteiger partial charge in [-0.25, -0.2) is 9.59 Å². The molecular formula is C13H17N3O4S. The van der Waals surface area contributed by atoms with Gasteiger partial charge in [0.15, 0.2) is 0 Å². The van der Waals surface area contributed by atoms with Crippen LogP contribution in [0.3, 0.4) is 0 Å². The molecule has 1 aromatic rings. The van der Waals surface area contributed by atoms with Gasteiger partial charge in [-0.1, -0.05) is 0 Å². The molecule has 3 aliphatic rings. The Balaban J connectivity index is 0.000000177. The van der Waals surface area contributed by atoms with Crippen molar-refractivity contribution in [1.29, 1.82) is 0 Å². The van der Waals surface area contributed by atoms with Gasteiger partial charge in [0.25, 0.3) is 0 Å². The van der Waals surface area contributed by atoms with E-state index in [2.05, 4.69) is 13.6 Å². The minimum atomic E-state index is -1.26. The predicted molar refractivity (Wildman–Crippen MR) is 76.2 cm³/mol. The Labute approximate surface area is 126 Å². The SMILES string of the molecule is O=C(O)C=CC(=O)O.c1nsnc1C1CN2CCC1CC2. The zero-order valence-corrected chi connectivity index (χ0v) is 12.2. The van der Waals surface area contributed by atoms with Crippen molar-refractivity contribution >= 4 is 23.7 Å². The summed E-state index contributed by atoms with van der Waals surface area (Å²) in [6.07, 6.45) is 5.80. The third kappa shape index (κ3) is 4.61. The molecule has 21 heavy (non-hydrogen) atoms. The molecule has 7 nitrogen and oxygen atoms in total. The molecule has 2 bridgehead atoms. The van der Waals surface area contributed by atoms with Crippen LogP contribution in [-0.2, 0) is 9.59 Å². The highest BCUT2D eigenvalue weighted by molar-refractivity contribution is 6.99. The van der Waals surface area contributed by atoms with Crippen molar-refractivity contribution in [2.75, 3.05) is 19.6 Å². The Morgan fingerprint density at radius 1 is 1.24 bits per heavy atom. The number of nitrogens with zero attached hydrogens (tertiary/aromatic N) is 3. The maximum Gasteiger partial charge on any atom is 0.328 e. The number of carboxylic acid groups (broad SMARTS) is 2. The number of carbonyl (C=O) groups is 2. The van der Waals surface area contributed by atoms with Gasteiger partial charge in [0, 0.05) is 24.6 Å². The van der Waals surface area contributed by atoms with Crippen molar-refractivity contribution in [3.05, 3.63) is 24.0 Å². The second kappa shape index (κ2) is 7.28. The Kier molecular flexibility index (Phi) is 5.40.